The number of carbonyl (C=O) groups is 1. The van der Waals surface area contributed by atoms with Gasteiger partial charge in [-0.05, 0) is 91.8 Å². The van der Waals surface area contributed by atoms with Crippen LogP contribution in [0.15, 0.2) is 11.6 Å². The third-order valence-corrected chi connectivity index (χ3v) is 9.13. The van der Waals surface area contributed by atoms with E-state index in [2.05, 4.69) is 19.9 Å². The Labute approximate surface area is 151 Å². The van der Waals surface area contributed by atoms with Crippen LogP contribution in [0.1, 0.15) is 72.1 Å². The number of carboxylic acid groups (broad SMARTS) is 1. The van der Waals surface area contributed by atoms with Gasteiger partial charge in [-0.1, -0.05) is 32.4 Å². The van der Waals surface area contributed by atoms with E-state index in [-0.39, 0.29) is 28.8 Å². The predicted molar refractivity (Wildman–Crippen MR) is 95.4 cm³/mol. The molecule has 0 saturated heterocycles. The number of hydrogen-bond donors (Lipinski definition) is 1. The summed E-state index contributed by atoms with van der Waals surface area (Å²) in [6.45, 7) is 6.68. The number of hydrogen-bond acceptors (Lipinski definition) is 3. The maximum atomic E-state index is 11.5. The summed E-state index contributed by atoms with van der Waals surface area (Å²) in [5.74, 6) is 1.14. The van der Waals surface area contributed by atoms with Gasteiger partial charge in [0, 0.05) is 5.97 Å². The highest BCUT2D eigenvalue weighted by molar-refractivity contribution is 5.67. The van der Waals surface area contributed by atoms with Crippen molar-refractivity contribution in [1.29, 1.82) is 0 Å². The Bertz CT molecular complexity index is 596. The van der Waals surface area contributed by atoms with Gasteiger partial charge in [0.1, 0.15) is 0 Å². The Morgan fingerprint density at radius 2 is 1.96 bits per heavy atom. The van der Waals surface area contributed by atoms with Crippen molar-refractivity contribution in [2.24, 2.45) is 40.4 Å². The van der Waals surface area contributed by atoms with Gasteiger partial charge < -0.3 is 15.0 Å². The second kappa shape index (κ2) is 5.84. The van der Waals surface area contributed by atoms with Crippen LogP contribution in [0.25, 0.3) is 0 Å². The average Bonchev–Trinajstić information content (AvgIpc) is 2.92. The minimum absolute atomic E-state index is 0.149. The summed E-state index contributed by atoms with van der Waals surface area (Å²) in [6, 6.07) is 0. The maximum Gasteiger partial charge on any atom is 0.0577 e. The average molecular weight is 346 g/mol. The van der Waals surface area contributed by atoms with Crippen molar-refractivity contribution in [3.63, 3.8) is 0 Å². The van der Waals surface area contributed by atoms with E-state index in [0.29, 0.717) is 11.8 Å². The van der Waals surface area contributed by atoms with E-state index in [4.69, 9.17) is 0 Å². The molecule has 4 aliphatic carbocycles. The number of carbonyl (C=O) groups excluding carboxylic acids is 1. The lowest BCUT2D eigenvalue weighted by Crippen LogP contribution is -2.51. The van der Waals surface area contributed by atoms with Crippen molar-refractivity contribution in [3.05, 3.63) is 11.6 Å². The first kappa shape index (κ1) is 17.6. The zero-order valence-corrected chi connectivity index (χ0v) is 16.0. The molecule has 1 N–H and O–H groups in total. The van der Waals surface area contributed by atoms with Crippen molar-refractivity contribution >= 4 is 5.97 Å². The quantitative estimate of drug-likeness (QED) is 0.781. The molecule has 25 heavy (non-hydrogen) atoms. The number of allylic oxidation sites excluding steroid dienone is 1. The zero-order valence-electron chi connectivity index (χ0n) is 16.0. The zero-order chi connectivity index (χ0) is 18.0. The van der Waals surface area contributed by atoms with Crippen molar-refractivity contribution in [2.45, 2.75) is 78.2 Å². The van der Waals surface area contributed by atoms with Crippen LogP contribution in [0.2, 0.25) is 0 Å². The molecule has 0 spiro atoms. The van der Waals surface area contributed by atoms with E-state index in [9.17, 15) is 15.0 Å². The van der Waals surface area contributed by atoms with Crippen LogP contribution in [-0.2, 0) is 4.79 Å². The molecule has 4 aliphatic rings. The van der Waals surface area contributed by atoms with Gasteiger partial charge in [0.05, 0.1) is 6.10 Å². The Hall–Kier alpha value is -0.830. The van der Waals surface area contributed by atoms with E-state index in [1.807, 2.05) is 6.92 Å². The summed E-state index contributed by atoms with van der Waals surface area (Å²) in [6.07, 6.45) is 11.0. The molecule has 0 heterocycles. The molecule has 0 amide bonds. The van der Waals surface area contributed by atoms with E-state index >= 15 is 0 Å². The van der Waals surface area contributed by atoms with Gasteiger partial charge in [0.2, 0.25) is 0 Å². The molecule has 0 bridgehead atoms. The fourth-order valence-electron chi connectivity index (χ4n) is 7.67. The van der Waals surface area contributed by atoms with Crippen LogP contribution >= 0.6 is 0 Å². The Morgan fingerprint density at radius 1 is 1.20 bits per heavy atom. The minimum Gasteiger partial charge on any atom is -0.550 e. The lowest BCUT2D eigenvalue weighted by molar-refractivity contribution is -0.314. The Kier molecular flexibility index (Phi) is 4.10. The van der Waals surface area contributed by atoms with Crippen LogP contribution in [0.4, 0.5) is 0 Å². The van der Waals surface area contributed by atoms with Crippen LogP contribution in [-0.4, -0.2) is 17.2 Å². The molecule has 4 rings (SSSR count). The van der Waals surface area contributed by atoms with Crippen molar-refractivity contribution in [2.75, 3.05) is 0 Å². The molecule has 0 aromatic carbocycles. The number of carboxylic acids is 1. The molecule has 0 unspecified atom stereocenters. The number of aliphatic hydroxyl groups excluding tert-OH is 1. The summed E-state index contributed by atoms with van der Waals surface area (Å²) in [7, 11) is 0. The third kappa shape index (κ3) is 2.44. The van der Waals surface area contributed by atoms with Crippen molar-refractivity contribution in [1.82, 2.24) is 0 Å². The second-order valence-electron chi connectivity index (χ2n) is 9.99. The number of rotatable bonds is 2. The molecule has 3 fully saturated rings. The first-order valence-corrected chi connectivity index (χ1v) is 10.4. The monoisotopic (exact) mass is 345 g/mol. The molecular formula is C22H33O3-. The molecule has 0 radical (unpaired) electrons. The van der Waals surface area contributed by atoms with Crippen LogP contribution < -0.4 is 5.11 Å². The molecule has 3 saturated carbocycles. The maximum absolute atomic E-state index is 11.5. The molecule has 0 aromatic rings. The summed E-state index contributed by atoms with van der Waals surface area (Å²) < 4.78 is 0. The molecular weight excluding hydrogens is 312 g/mol. The van der Waals surface area contributed by atoms with Gasteiger partial charge in [-0.2, -0.15) is 0 Å². The SMILES string of the molecule is C[C@H](C(=O)[O-])[C@@H]1CC[C@H]2[C@@H]3CC=C4C[C@H](O)CC[C@]4(C)[C@H]3CC[C@@]21C. The Balaban J connectivity index is 1.63. The standard InChI is InChI=1S/C22H34O3/c1-13(20(24)25)17-6-7-18-16-5-4-14-12-15(23)8-10-21(14,2)19(16)9-11-22(17,18)3/h4,13,15-19,23H,5-12H2,1-3H3,(H,24,25)/p-1/t13-,15+,16-,17-,18-,19-,21-,22+/m0/s1. The fraction of sp³-hybridized carbons (Fsp3) is 0.864. The first-order valence-electron chi connectivity index (χ1n) is 10.4. The van der Waals surface area contributed by atoms with Crippen LogP contribution in [0.3, 0.4) is 0 Å². The highest BCUT2D eigenvalue weighted by Crippen LogP contribution is 2.67. The number of fused-ring (bicyclic) bond motifs is 5. The van der Waals surface area contributed by atoms with E-state index in [1.54, 1.807) is 0 Å². The summed E-state index contributed by atoms with van der Waals surface area (Å²) in [5.41, 5.74) is 1.94. The molecule has 0 aliphatic heterocycles. The molecule has 140 valence electrons. The second-order valence-corrected chi connectivity index (χ2v) is 9.99. The fourth-order valence-corrected chi connectivity index (χ4v) is 7.67. The summed E-state index contributed by atoms with van der Waals surface area (Å²) in [5, 5.41) is 21.6. The van der Waals surface area contributed by atoms with Crippen LogP contribution in [0, 0.1) is 40.4 Å². The van der Waals surface area contributed by atoms with Crippen molar-refractivity contribution < 1.29 is 15.0 Å². The predicted octanol–water partition coefficient (Wildman–Crippen LogP) is 3.31. The molecule has 3 nitrogen and oxygen atoms in total. The van der Waals surface area contributed by atoms with Gasteiger partial charge in [0.15, 0.2) is 0 Å². The number of aliphatic carboxylic acids is 1. The molecule has 8 atom stereocenters. The first-order chi connectivity index (χ1) is 11.8. The van der Waals surface area contributed by atoms with Crippen LogP contribution in [0.5, 0.6) is 0 Å². The lowest BCUT2D eigenvalue weighted by Gasteiger charge is -2.58. The van der Waals surface area contributed by atoms with E-state index < -0.39 is 5.97 Å². The summed E-state index contributed by atoms with van der Waals surface area (Å²) in [4.78, 5) is 11.5. The van der Waals surface area contributed by atoms with Crippen molar-refractivity contribution in [3.8, 4) is 0 Å². The summed E-state index contributed by atoms with van der Waals surface area (Å²) >= 11 is 0. The highest BCUT2D eigenvalue weighted by atomic mass is 16.4. The third-order valence-electron chi connectivity index (χ3n) is 9.13. The smallest absolute Gasteiger partial charge is 0.0577 e. The number of aliphatic hydroxyl groups is 1. The normalized spacial score (nSPS) is 50.2. The minimum atomic E-state index is -0.868. The van der Waals surface area contributed by atoms with Gasteiger partial charge in [-0.3, -0.25) is 0 Å². The molecule has 0 aromatic heterocycles. The van der Waals surface area contributed by atoms with E-state index in [0.717, 1.165) is 44.4 Å². The van der Waals surface area contributed by atoms with Gasteiger partial charge in [0.25, 0.3) is 0 Å². The Morgan fingerprint density at radius 3 is 2.68 bits per heavy atom. The van der Waals surface area contributed by atoms with Gasteiger partial charge >= 0.3 is 0 Å². The highest BCUT2D eigenvalue weighted by Gasteiger charge is 2.59. The van der Waals surface area contributed by atoms with Gasteiger partial charge in [-0.15, -0.1) is 0 Å². The van der Waals surface area contributed by atoms with E-state index in [1.165, 1.54) is 18.4 Å². The lowest BCUT2D eigenvalue weighted by atomic mass is 9.47. The largest absolute Gasteiger partial charge is 0.550 e. The topological polar surface area (TPSA) is 60.4 Å². The molecule has 3 heteroatoms. The van der Waals surface area contributed by atoms with Gasteiger partial charge in [-0.25, -0.2) is 0 Å².